The zero-order valence-corrected chi connectivity index (χ0v) is 11.8. The monoisotopic (exact) mass is 319 g/mol. The van der Waals surface area contributed by atoms with E-state index in [1.54, 1.807) is 17.6 Å². The molecule has 2 rings (SSSR count). The lowest BCUT2D eigenvalue weighted by atomic mass is 10.1. The predicted octanol–water partition coefficient (Wildman–Crippen LogP) is 4.26. The zero-order valence-electron chi connectivity index (χ0n) is 8.67. The fourth-order valence-corrected chi connectivity index (χ4v) is 3.33. The van der Waals surface area contributed by atoms with E-state index in [9.17, 15) is 0 Å². The highest BCUT2D eigenvalue weighted by molar-refractivity contribution is 9.10. The SMILES string of the molecule is CNC(Cc1cc(Br)cs1)c1ccoc1Cl. The predicted molar refractivity (Wildman–Crippen MR) is 71.2 cm³/mol. The summed E-state index contributed by atoms with van der Waals surface area (Å²) in [5.41, 5.74) is 1.01. The van der Waals surface area contributed by atoms with Crippen LogP contribution in [-0.2, 0) is 6.42 Å². The van der Waals surface area contributed by atoms with Gasteiger partial charge in [-0.2, -0.15) is 0 Å². The first kappa shape index (κ1) is 12.2. The second kappa shape index (κ2) is 5.36. The van der Waals surface area contributed by atoms with Gasteiger partial charge in [0, 0.05) is 32.8 Å². The average molecular weight is 321 g/mol. The van der Waals surface area contributed by atoms with E-state index in [1.807, 2.05) is 13.1 Å². The lowest BCUT2D eigenvalue weighted by molar-refractivity contribution is 0.545. The highest BCUT2D eigenvalue weighted by Gasteiger charge is 2.16. The molecule has 0 aliphatic carbocycles. The average Bonchev–Trinajstić information content (AvgIpc) is 2.84. The van der Waals surface area contributed by atoms with Crippen molar-refractivity contribution in [1.82, 2.24) is 5.32 Å². The van der Waals surface area contributed by atoms with E-state index in [1.165, 1.54) is 4.88 Å². The summed E-state index contributed by atoms with van der Waals surface area (Å²) in [5, 5.41) is 5.80. The Labute approximate surface area is 112 Å². The first-order valence-electron chi connectivity index (χ1n) is 4.83. The molecule has 5 heteroatoms. The topological polar surface area (TPSA) is 25.2 Å². The second-order valence-corrected chi connectivity index (χ2v) is 5.68. The molecule has 0 saturated heterocycles. The molecule has 0 aliphatic rings. The third kappa shape index (κ3) is 2.69. The third-order valence-electron chi connectivity index (χ3n) is 2.40. The number of halogens is 2. The number of furan rings is 1. The number of nitrogens with one attached hydrogen (secondary N) is 1. The summed E-state index contributed by atoms with van der Waals surface area (Å²) in [6.45, 7) is 0. The Morgan fingerprint density at radius 1 is 1.62 bits per heavy atom. The first-order chi connectivity index (χ1) is 7.70. The molecule has 0 aromatic carbocycles. The molecule has 0 fully saturated rings. The number of rotatable bonds is 4. The maximum atomic E-state index is 5.97. The van der Waals surface area contributed by atoms with E-state index in [4.69, 9.17) is 16.0 Å². The van der Waals surface area contributed by atoms with Crippen molar-refractivity contribution < 1.29 is 4.42 Å². The molecule has 0 amide bonds. The summed E-state index contributed by atoms with van der Waals surface area (Å²) >= 11 is 11.2. The normalized spacial score (nSPS) is 12.9. The molecule has 2 aromatic rings. The summed E-state index contributed by atoms with van der Waals surface area (Å²) < 4.78 is 6.24. The summed E-state index contributed by atoms with van der Waals surface area (Å²) in [5.74, 6) is 0. The van der Waals surface area contributed by atoms with Crippen molar-refractivity contribution in [2.24, 2.45) is 0 Å². The van der Waals surface area contributed by atoms with Gasteiger partial charge in [-0.1, -0.05) is 0 Å². The van der Waals surface area contributed by atoms with Crippen LogP contribution in [0, 0.1) is 0 Å². The lowest BCUT2D eigenvalue weighted by Crippen LogP contribution is -2.18. The standard InChI is InChI=1S/C11H11BrClNOS/c1-14-10(9-2-3-15-11(9)13)5-8-4-7(12)6-16-8/h2-4,6,10,14H,5H2,1H3. The maximum absolute atomic E-state index is 5.97. The summed E-state index contributed by atoms with van der Waals surface area (Å²) in [6, 6.07) is 4.23. The van der Waals surface area contributed by atoms with Crippen molar-refractivity contribution in [2.45, 2.75) is 12.5 Å². The largest absolute Gasteiger partial charge is 0.453 e. The first-order valence-corrected chi connectivity index (χ1v) is 6.89. The molecule has 0 aliphatic heterocycles. The van der Waals surface area contributed by atoms with Crippen LogP contribution < -0.4 is 5.32 Å². The van der Waals surface area contributed by atoms with E-state index in [0.29, 0.717) is 5.22 Å². The quantitative estimate of drug-likeness (QED) is 0.910. The van der Waals surface area contributed by atoms with E-state index in [2.05, 4.69) is 32.7 Å². The van der Waals surface area contributed by atoms with E-state index >= 15 is 0 Å². The van der Waals surface area contributed by atoms with Crippen molar-refractivity contribution in [2.75, 3.05) is 7.05 Å². The number of thiophene rings is 1. The minimum Gasteiger partial charge on any atom is -0.453 e. The van der Waals surface area contributed by atoms with Crippen molar-refractivity contribution in [3.63, 3.8) is 0 Å². The van der Waals surface area contributed by atoms with E-state index in [-0.39, 0.29) is 6.04 Å². The molecular weight excluding hydrogens is 310 g/mol. The molecule has 0 spiro atoms. The van der Waals surface area contributed by atoms with Gasteiger partial charge in [-0.15, -0.1) is 11.3 Å². The molecule has 0 saturated carbocycles. The zero-order chi connectivity index (χ0) is 11.5. The van der Waals surface area contributed by atoms with Crippen LogP contribution in [0.2, 0.25) is 5.22 Å². The van der Waals surface area contributed by atoms with Gasteiger partial charge in [0.05, 0.1) is 6.26 Å². The molecule has 2 heterocycles. The highest BCUT2D eigenvalue weighted by atomic mass is 79.9. The van der Waals surface area contributed by atoms with Gasteiger partial charge in [-0.25, -0.2) is 0 Å². The molecule has 1 atom stereocenters. The van der Waals surface area contributed by atoms with Crippen molar-refractivity contribution >= 4 is 38.9 Å². The van der Waals surface area contributed by atoms with Crippen LogP contribution in [0.15, 0.2) is 32.7 Å². The smallest absolute Gasteiger partial charge is 0.197 e. The summed E-state index contributed by atoms with van der Waals surface area (Å²) in [4.78, 5) is 1.31. The van der Waals surface area contributed by atoms with Gasteiger partial charge in [-0.3, -0.25) is 0 Å². The Morgan fingerprint density at radius 3 is 2.94 bits per heavy atom. The fraction of sp³-hybridized carbons (Fsp3) is 0.273. The van der Waals surface area contributed by atoms with Crippen molar-refractivity contribution in [3.8, 4) is 0 Å². The van der Waals surface area contributed by atoms with Crippen LogP contribution in [0.3, 0.4) is 0 Å². The minimum absolute atomic E-state index is 0.191. The second-order valence-electron chi connectivity index (χ2n) is 3.43. The summed E-state index contributed by atoms with van der Waals surface area (Å²) in [7, 11) is 1.93. The number of hydrogen-bond acceptors (Lipinski definition) is 3. The Kier molecular flexibility index (Phi) is 4.08. The van der Waals surface area contributed by atoms with E-state index in [0.717, 1.165) is 16.5 Å². The Balaban J connectivity index is 2.15. The lowest BCUT2D eigenvalue weighted by Gasteiger charge is -2.13. The van der Waals surface area contributed by atoms with Crippen LogP contribution in [-0.4, -0.2) is 7.05 Å². The van der Waals surface area contributed by atoms with Crippen LogP contribution in [0.4, 0.5) is 0 Å². The molecule has 0 radical (unpaired) electrons. The van der Waals surface area contributed by atoms with Crippen LogP contribution in [0.1, 0.15) is 16.5 Å². The molecule has 0 bridgehead atoms. The number of likely N-dealkylation sites (N-methyl/N-ethyl adjacent to an activating group) is 1. The molecule has 1 unspecified atom stereocenters. The van der Waals surface area contributed by atoms with Gasteiger partial charge in [0.25, 0.3) is 0 Å². The van der Waals surface area contributed by atoms with Gasteiger partial charge < -0.3 is 9.73 Å². The van der Waals surface area contributed by atoms with Crippen LogP contribution in [0.5, 0.6) is 0 Å². The van der Waals surface area contributed by atoms with Gasteiger partial charge in [0.1, 0.15) is 0 Å². The molecule has 86 valence electrons. The molecule has 2 aromatic heterocycles. The number of hydrogen-bond donors (Lipinski definition) is 1. The summed E-state index contributed by atoms with van der Waals surface area (Å²) in [6.07, 6.45) is 2.53. The van der Waals surface area contributed by atoms with Crippen molar-refractivity contribution in [3.05, 3.63) is 43.9 Å². The van der Waals surface area contributed by atoms with Crippen LogP contribution in [0.25, 0.3) is 0 Å². The van der Waals surface area contributed by atoms with Gasteiger partial charge in [0.15, 0.2) is 5.22 Å². The van der Waals surface area contributed by atoms with Crippen LogP contribution >= 0.6 is 38.9 Å². The van der Waals surface area contributed by atoms with Gasteiger partial charge in [0.2, 0.25) is 0 Å². The van der Waals surface area contributed by atoms with E-state index < -0.39 is 0 Å². The van der Waals surface area contributed by atoms with Crippen molar-refractivity contribution in [1.29, 1.82) is 0 Å². The maximum Gasteiger partial charge on any atom is 0.197 e. The highest BCUT2D eigenvalue weighted by Crippen LogP contribution is 2.29. The fourth-order valence-electron chi connectivity index (χ4n) is 1.58. The van der Waals surface area contributed by atoms with Gasteiger partial charge >= 0.3 is 0 Å². The Hall–Kier alpha value is -0.290. The molecule has 16 heavy (non-hydrogen) atoms. The Morgan fingerprint density at radius 2 is 2.44 bits per heavy atom. The third-order valence-corrected chi connectivity index (χ3v) is 4.42. The molecule has 1 N–H and O–H groups in total. The molecular formula is C11H11BrClNOS. The molecule has 2 nitrogen and oxygen atoms in total. The Bertz CT molecular complexity index is 468. The minimum atomic E-state index is 0.191. The van der Waals surface area contributed by atoms with Gasteiger partial charge in [-0.05, 0) is 46.7 Å².